The van der Waals surface area contributed by atoms with Crippen LogP contribution in [-0.4, -0.2) is 11.5 Å². The second kappa shape index (κ2) is 8.33. The maximum absolute atomic E-state index is 12.8. The van der Waals surface area contributed by atoms with Crippen LogP contribution in [0.15, 0.2) is 24.3 Å². The van der Waals surface area contributed by atoms with Crippen molar-refractivity contribution in [1.29, 1.82) is 0 Å². The molecular formula is C28H39NO2. The first kappa shape index (κ1) is 23.4. The van der Waals surface area contributed by atoms with Gasteiger partial charge in [-0.3, -0.25) is 4.79 Å². The zero-order valence-electron chi connectivity index (χ0n) is 20.8. The number of ether oxygens (including phenoxy) is 1. The Kier molecular flexibility index (Phi) is 6.28. The number of carbonyl (C=O) groups excluding carboxylic acids is 1. The zero-order chi connectivity index (χ0) is 23.1. The Hall–Kier alpha value is -2.29. The number of anilines is 1. The largest absolute Gasteiger partial charge is 0.487 e. The quantitative estimate of drug-likeness (QED) is 0.559. The van der Waals surface area contributed by atoms with Crippen molar-refractivity contribution in [3.63, 3.8) is 0 Å². The number of hydrogen-bond donors (Lipinski definition) is 1. The predicted molar refractivity (Wildman–Crippen MR) is 130 cm³/mol. The molecule has 0 bridgehead atoms. The minimum atomic E-state index is -0.232. The normalized spacial score (nSPS) is 15.0. The molecule has 3 nitrogen and oxygen atoms in total. The predicted octanol–water partition coefficient (Wildman–Crippen LogP) is 7.11. The van der Waals surface area contributed by atoms with E-state index in [1.807, 2.05) is 0 Å². The topological polar surface area (TPSA) is 38.3 Å². The molecule has 1 aliphatic heterocycles. The number of benzene rings is 2. The van der Waals surface area contributed by atoms with Gasteiger partial charge in [0.15, 0.2) is 0 Å². The molecule has 0 saturated heterocycles. The Balaban J connectivity index is 2.03. The first-order valence-electron chi connectivity index (χ1n) is 11.5. The molecule has 0 fully saturated rings. The summed E-state index contributed by atoms with van der Waals surface area (Å²) in [6.45, 7) is 19.2. The van der Waals surface area contributed by atoms with Gasteiger partial charge in [0.05, 0.1) is 0 Å². The number of rotatable bonds is 5. The molecule has 0 saturated carbocycles. The number of nitrogens with one attached hydrogen (secondary N) is 1. The van der Waals surface area contributed by atoms with Crippen molar-refractivity contribution in [2.75, 3.05) is 5.32 Å². The molecular weight excluding hydrogens is 382 g/mol. The lowest BCUT2D eigenvalue weighted by Gasteiger charge is -2.23. The molecule has 0 radical (unpaired) electrons. The Bertz CT molecular complexity index is 976. The molecule has 0 spiro atoms. The van der Waals surface area contributed by atoms with E-state index >= 15 is 0 Å². The fourth-order valence-electron chi connectivity index (χ4n) is 4.47. The van der Waals surface area contributed by atoms with Crippen molar-refractivity contribution in [3.8, 4) is 5.75 Å². The molecule has 1 N–H and O–H groups in total. The number of amides is 1. The van der Waals surface area contributed by atoms with E-state index in [9.17, 15) is 4.79 Å². The monoisotopic (exact) mass is 421 g/mol. The highest BCUT2D eigenvalue weighted by molar-refractivity contribution is 5.93. The summed E-state index contributed by atoms with van der Waals surface area (Å²) in [5.74, 6) is 1.61. The second-order valence-corrected chi connectivity index (χ2v) is 11.3. The average Bonchev–Trinajstić information content (AvgIpc) is 2.97. The summed E-state index contributed by atoms with van der Waals surface area (Å²) in [6, 6.07) is 8.89. The molecule has 2 aromatic carbocycles. The van der Waals surface area contributed by atoms with Gasteiger partial charge in [-0.15, -0.1) is 0 Å². The first-order chi connectivity index (χ1) is 14.3. The van der Waals surface area contributed by atoms with Crippen LogP contribution in [0.3, 0.4) is 0 Å². The molecule has 31 heavy (non-hydrogen) atoms. The summed E-state index contributed by atoms with van der Waals surface area (Å²) < 4.78 is 6.45. The van der Waals surface area contributed by atoms with Gasteiger partial charge in [-0.05, 0) is 61.3 Å². The van der Waals surface area contributed by atoms with Crippen molar-refractivity contribution in [2.45, 2.75) is 93.1 Å². The summed E-state index contributed by atoms with van der Waals surface area (Å²) >= 11 is 0. The highest BCUT2D eigenvalue weighted by Crippen LogP contribution is 2.45. The highest BCUT2D eigenvalue weighted by Gasteiger charge is 2.35. The van der Waals surface area contributed by atoms with Crippen molar-refractivity contribution < 1.29 is 9.53 Å². The molecule has 168 valence electrons. The molecule has 3 rings (SSSR count). The maximum Gasteiger partial charge on any atom is 0.224 e. The van der Waals surface area contributed by atoms with E-state index in [1.165, 1.54) is 22.3 Å². The number of carbonyl (C=O) groups is 1. The number of fused-ring (bicyclic) bond motifs is 1. The van der Waals surface area contributed by atoms with E-state index in [1.54, 1.807) is 0 Å². The fraction of sp³-hybridized carbons (Fsp3) is 0.536. The van der Waals surface area contributed by atoms with Gasteiger partial charge in [-0.1, -0.05) is 58.9 Å². The summed E-state index contributed by atoms with van der Waals surface area (Å²) in [5.41, 5.74) is 7.97. The third-order valence-corrected chi connectivity index (χ3v) is 6.17. The minimum absolute atomic E-state index is 0.0469. The van der Waals surface area contributed by atoms with Gasteiger partial charge in [0, 0.05) is 36.1 Å². The molecule has 1 amide bonds. The van der Waals surface area contributed by atoms with Crippen LogP contribution in [-0.2, 0) is 17.6 Å². The summed E-state index contributed by atoms with van der Waals surface area (Å²) in [7, 11) is 0. The fourth-order valence-corrected chi connectivity index (χ4v) is 4.47. The lowest BCUT2D eigenvalue weighted by atomic mass is 9.88. The molecule has 0 unspecified atom stereocenters. The van der Waals surface area contributed by atoms with Gasteiger partial charge in [0.1, 0.15) is 11.4 Å². The molecule has 3 heteroatoms. The van der Waals surface area contributed by atoms with Crippen LogP contribution >= 0.6 is 0 Å². The molecule has 0 aromatic heterocycles. The van der Waals surface area contributed by atoms with Crippen LogP contribution in [0.4, 0.5) is 5.69 Å². The second-order valence-electron chi connectivity index (χ2n) is 11.3. The molecule has 1 heterocycles. The van der Waals surface area contributed by atoms with Gasteiger partial charge < -0.3 is 10.1 Å². The van der Waals surface area contributed by atoms with Gasteiger partial charge in [0.2, 0.25) is 5.91 Å². The summed E-state index contributed by atoms with van der Waals surface area (Å²) in [4.78, 5) is 12.8. The Labute approximate surface area is 188 Å². The van der Waals surface area contributed by atoms with Crippen LogP contribution in [0.1, 0.15) is 94.2 Å². The van der Waals surface area contributed by atoms with E-state index in [4.69, 9.17) is 4.74 Å². The van der Waals surface area contributed by atoms with Crippen LogP contribution in [0, 0.1) is 19.3 Å². The average molecular weight is 422 g/mol. The van der Waals surface area contributed by atoms with E-state index in [-0.39, 0.29) is 16.9 Å². The van der Waals surface area contributed by atoms with Gasteiger partial charge in [-0.25, -0.2) is 0 Å². The third kappa shape index (κ3) is 5.31. The molecule has 1 aliphatic rings. The van der Waals surface area contributed by atoms with Crippen molar-refractivity contribution in [3.05, 3.63) is 57.6 Å². The Morgan fingerprint density at radius 1 is 1.10 bits per heavy atom. The zero-order valence-corrected chi connectivity index (χ0v) is 20.8. The first-order valence-corrected chi connectivity index (χ1v) is 11.5. The lowest BCUT2D eigenvalue weighted by molar-refractivity contribution is -0.117. The Morgan fingerprint density at radius 2 is 1.71 bits per heavy atom. The maximum atomic E-state index is 12.8. The van der Waals surface area contributed by atoms with Gasteiger partial charge in [-0.2, -0.15) is 0 Å². The summed E-state index contributed by atoms with van der Waals surface area (Å²) in [5, 5.41) is 3.25. The number of hydrogen-bond acceptors (Lipinski definition) is 2. The van der Waals surface area contributed by atoms with E-state index in [0.29, 0.717) is 12.3 Å². The van der Waals surface area contributed by atoms with Crippen molar-refractivity contribution in [1.82, 2.24) is 0 Å². The summed E-state index contributed by atoms with van der Waals surface area (Å²) in [6.07, 6.45) is 2.15. The SMILES string of the molecule is Cc1c(Cc2ccc(C(C)C)cc2)c2c(c(C)c1NC(=O)CC(C)(C)C)CC(C)(C)O2. The third-order valence-electron chi connectivity index (χ3n) is 6.17. The van der Waals surface area contributed by atoms with E-state index in [2.05, 4.69) is 91.9 Å². The van der Waals surface area contributed by atoms with Gasteiger partial charge >= 0.3 is 0 Å². The smallest absolute Gasteiger partial charge is 0.224 e. The van der Waals surface area contributed by atoms with Gasteiger partial charge in [0.25, 0.3) is 0 Å². The van der Waals surface area contributed by atoms with Crippen LogP contribution in [0.2, 0.25) is 0 Å². The minimum Gasteiger partial charge on any atom is -0.487 e. The lowest BCUT2D eigenvalue weighted by Crippen LogP contribution is -2.25. The van der Waals surface area contributed by atoms with Crippen LogP contribution in [0.5, 0.6) is 5.75 Å². The van der Waals surface area contributed by atoms with Crippen molar-refractivity contribution >= 4 is 11.6 Å². The van der Waals surface area contributed by atoms with Crippen LogP contribution < -0.4 is 10.1 Å². The molecule has 0 atom stereocenters. The molecule has 0 aliphatic carbocycles. The molecule has 2 aromatic rings. The highest BCUT2D eigenvalue weighted by atomic mass is 16.5. The van der Waals surface area contributed by atoms with E-state index in [0.717, 1.165) is 35.4 Å². The van der Waals surface area contributed by atoms with Crippen LogP contribution in [0.25, 0.3) is 0 Å². The van der Waals surface area contributed by atoms with E-state index < -0.39 is 0 Å². The Morgan fingerprint density at radius 3 is 2.26 bits per heavy atom. The standard InChI is InChI=1S/C28H39NO2/c1-17(2)21-12-10-20(11-13-21)14-22-18(3)25(29-24(30)16-27(5,6)7)19(4)23-15-28(8,9)31-26(22)23/h10-13,17H,14-16H2,1-9H3,(H,29,30). The van der Waals surface area contributed by atoms with Crippen molar-refractivity contribution in [2.24, 2.45) is 5.41 Å².